The smallest absolute Gasteiger partial charge is 0.227 e. The number of carbonyl (C=O) groups is 1. The zero-order chi connectivity index (χ0) is 20.4. The van der Waals surface area contributed by atoms with E-state index < -0.39 is 0 Å². The number of aromatic amines is 1. The maximum absolute atomic E-state index is 13.1. The summed E-state index contributed by atoms with van der Waals surface area (Å²) in [4.78, 5) is 25.5. The highest BCUT2D eigenvalue weighted by atomic mass is 16.2. The van der Waals surface area contributed by atoms with Crippen LogP contribution < -0.4 is 0 Å². The summed E-state index contributed by atoms with van der Waals surface area (Å²) in [6.45, 7) is 10.7. The van der Waals surface area contributed by atoms with Gasteiger partial charge in [0.05, 0.1) is 12.1 Å². The van der Waals surface area contributed by atoms with Gasteiger partial charge in [-0.2, -0.15) is 0 Å². The molecule has 1 aromatic carbocycles. The molecule has 152 valence electrons. The molecule has 5 heteroatoms. The maximum Gasteiger partial charge on any atom is 0.227 e. The van der Waals surface area contributed by atoms with E-state index in [1.165, 1.54) is 16.5 Å². The van der Waals surface area contributed by atoms with Crippen molar-refractivity contribution in [1.29, 1.82) is 0 Å². The first-order valence-corrected chi connectivity index (χ1v) is 10.5. The number of aromatic nitrogens is 2. The first kappa shape index (κ1) is 19.6. The zero-order valence-electron chi connectivity index (χ0n) is 17.7. The van der Waals surface area contributed by atoms with E-state index in [0.717, 1.165) is 61.6 Å². The van der Waals surface area contributed by atoms with Crippen molar-refractivity contribution in [3.63, 3.8) is 0 Å². The van der Waals surface area contributed by atoms with Gasteiger partial charge < -0.3 is 9.88 Å². The number of nitrogens with one attached hydrogen (secondary N) is 1. The van der Waals surface area contributed by atoms with Crippen LogP contribution in [0.5, 0.6) is 0 Å². The van der Waals surface area contributed by atoms with Gasteiger partial charge in [0.15, 0.2) is 0 Å². The molecule has 0 radical (unpaired) electrons. The van der Waals surface area contributed by atoms with Crippen LogP contribution in [-0.2, 0) is 17.8 Å². The Morgan fingerprint density at radius 1 is 1.10 bits per heavy atom. The molecule has 1 aliphatic heterocycles. The minimum atomic E-state index is 0.229. The molecule has 1 N–H and O–H groups in total. The van der Waals surface area contributed by atoms with Gasteiger partial charge >= 0.3 is 0 Å². The van der Waals surface area contributed by atoms with E-state index in [2.05, 4.69) is 53.8 Å². The van der Waals surface area contributed by atoms with Crippen molar-refractivity contribution in [2.45, 2.75) is 40.2 Å². The van der Waals surface area contributed by atoms with E-state index in [1.807, 2.05) is 23.2 Å². The lowest BCUT2D eigenvalue weighted by atomic mass is 10.0. The first-order chi connectivity index (χ1) is 14.0. The number of rotatable bonds is 4. The number of carbonyl (C=O) groups excluding carboxylic acids is 1. The second kappa shape index (κ2) is 8.37. The van der Waals surface area contributed by atoms with E-state index >= 15 is 0 Å². The van der Waals surface area contributed by atoms with Crippen LogP contribution in [0.15, 0.2) is 36.5 Å². The van der Waals surface area contributed by atoms with Crippen LogP contribution in [-0.4, -0.2) is 51.9 Å². The predicted molar refractivity (Wildman–Crippen MR) is 117 cm³/mol. The second-order valence-corrected chi connectivity index (χ2v) is 8.24. The monoisotopic (exact) mass is 390 g/mol. The average Bonchev–Trinajstić information content (AvgIpc) is 2.87. The average molecular weight is 391 g/mol. The highest BCUT2D eigenvalue weighted by Crippen LogP contribution is 2.27. The van der Waals surface area contributed by atoms with Crippen molar-refractivity contribution in [2.24, 2.45) is 0 Å². The Morgan fingerprint density at radius 2 is 1.97 bits per heavy atom. The van der Waals surface area contributed by atoms with Gasteiger partial charge in [0, 0.05) is 55.5 Å². The molecule has 2 aromatic heterocycles. The van der Waals surface area contributed by atoms with Gasteiger partial charge in [-0.1, -0.05) is 17.7 Å². The number of fused-ring (bicyclic) bond motifs is 1. The maximum atomic E-state index is 13.1. The number of hydrogen-bond donors (Lipinski definition) is 1. The van der Waals surface area contributed by atoms with Crippen LogP contribution in [0.4, 0.5) is 0 Å². The molecule has 1 fully saturated rings. The standard InChI is InChI=1S/C24H30N4O/c1-17-13-18(2)24-22(14-17)21(19(3)26-24)15-23(29)28-10-6-9-27(11-12-28)16-20-7-4-5-8-25-20/h4-5,7-8,13-14,26H,6,9-12,15-16H2,1-3H3. The molecule has 1 saturated heterocycles. The van der Waals surface area contributed by atoms with Gasteiger partial charge in [-0.25, -0.2) is 0 Å². The molecular weight excluding hydrogens is 360 g/mol. The second-order valence-electron chi connectivity index (χ2n) is 8.24. The summed E-state index contributed by atoms with van der Waals surface area (Å²) in [7, 11) is 0. The number of benzene rings is 1. The Labute approximate surface area is 172 Å². The molecule has 5 nitrogen and oxygen atoms in total. The van der Waals surface area contributed by atoms with E-state index in [0.29, 0.717) is 6.42 Å². The minimum Gasteiger partial charge on any atom is -0.358 e. The van der Waals surface area contributed by atoms with Crippen molar-refractivity contribution in [3.8, 4) is 0 Å². The third kappa shape index (κ3) is 4.35. The topological polar surface area (TPSA) is 52.2 Å². The largest absolute Gasteiger partial charge is 0.358 e. The molecule has 3 aromatic rings. The van der Waals surface area contributed by atoms with Crippen LogP contribution in [0.2, 0.25) is 0 Å². The third-order valence-electron chi connectivity index (χ3n) is 5.95. The molecule has 1 aliphatic rings. The Morgan fingerprint density at radius 3 is 2.76 bits per heavy atom. The molecule has 0 bridgehead atoms. The minimum absolute atomic E-state index is 0.229. The summed E-state index contributed by atoms with van der Waals surface area (Å²) < 4.78 is 0. The van der Waals surface area contributed by atoms with Crippen LogP contribution in [0, 0.1) is 20.8 Å². The normalized spacial score (nSPS) is 15.6. The van der Waals surface area contributed by atoms with Gasteiger partial charge in [-0.3, -0.25) is 14.7 Å². The molecular formula is C24H30N4O. The number of pyridine rings is 1. The van der Waals surface area contributed by atoms with Crippen LogP contribution in [0.3, 0.4) is 0 Å². The lowest BCUT2D eigenvalue weighted by Gasteiger charge is -2.22. The molecule has 4 rings (SSSR count). The number of amides is 1. The summed E-state index contributed by atoms with van der Waals surface area (Å²) in [6, 6.07) is 10.4. The lowest BCUT2D eigenvalue weighted by molar-refractivity contribution is -0.130. The van der Waals surface area contributed by atoms with Gasteiger partial charge in [0.1, 0.15) is 0 Å². The molecule has 3 heterocycles. The number of aryl methyl sites for hydroxylation is 3. The summed E-state index contributed by atoms with van der Waals surface area (Å²) >= 11 is 0. The predicted octanol–water partition coefficient (Wildman–Crippen LogP) is 3.77. The van der Waals surface area contributed by atoms with Gasteiger partial charge in [0.2, 0.25) is 5.91 Å². The molecule has 29 heavy (non-hydrogen) atoms. The molecule has 0 unspecified atom stereocenters. The van der Waals surface area contributed by atoms with Crippen molar-refractivity contribution in [1.82, 2.24) is 19.8 Å². The molecule has 0 spiro atoms. The summed E-state index contributed by atoms with van der Waals surface area (Å²) in [5.74, 6) is 0.229. The Balaban J connectivity index is 1.44. The molecule has 0 saturated carbocycles. The Hall–Kier alpha value is -2.66. The van der Waals surface area contributed by atoms with E-state index in [4.69, 9.17) is 0 Å². The Kier molecular flexibility index (Phi) is 5.67. The van der Waals surface area contributed by atoms with E-state index in [1.54, 1.807) is 0 Å². The van der Waals surface area contributed by atoms with E-state index in [-0.39, 0.29) is 5.91 Å². The van der Waals surface area contributed by atoms with Crippen molar-refractivity contribution >= 4 is 16.8 Å². The van der Waals surface area contributed by atoms with Crippen LogP contribution in [0.1, 0.15) is 34.5 Å². The van der Waals surface area contributed by atoms with Gasteiger partial charge in [-0.15, -0.1) is 0 Å². The summed E-state index contributed by atoms with van der Waals surface area (Å²) in [6.07, 6.45) is 3.31. The molecule has 0 aliphatic carbocycles. The quantitative estimate of drug-likeness (QED) is 0.738. The molecule has 0 atom stereocenters. The number of H-pyrrole nitrogens is 1. The summed E-state index contributed by atoms with van der Waals surface area (Å²) in [5.41, 5.74) is 6.98. The van der Waals surface area contributed by atoms with Crippen molar-refractivity contribution in [3.05, 3.63) is 64.6 Å². The van der Waals surface area contributed by atoms with Gasteiger partial charge in [-0.05, 0) is 56.5 Å². The molecule has 1 amide bonds. The Bertz CT molecular complexity index is 1010. The lowest BCUT2D eigenvalue weighted by Crippen LogP contribution is -2.36. The third-order valence-corrected chi connectivity index (χ3v) is 5.95. The van der Waals surface area contributed by atoms with Crippen molar-refractivity contribution < 1.29 is 4.79 Å². The number of nitrogens with zero attached hydrogens (tertiary/aromatic N) is 3. The highest BCUT2D eigenvalue weighted by Gasteiger charge is 2.22. The van der Waals surface area contributed by atoms with E-state index in [9.17, 15) is 4.79 Å². The number of hydrogen-bond acceptors (Lipinski definition) is 3. The fourth-order valence-corrected chi connectivity index (χ4v) is 4.43. The fourth-order valence-electron chi connectivity index (χ4n) is 4.43. The van der Waals surface area contributed by atoms with Gasteiger partial charge in [0.25, 0.3) is 0 Å². The first-order valence-electron chi connectivity index (χ1n) is 10.5. The zero-order valence-corrected chi connectivity index (χ0v) is 17.7. The van der Waals surface area contributed by atoms with Crippen LogP contribution >= 0.6 is 0 Å². The van der Waals surface area contributed by atoms with Crippen molar-refractivity contribution in [2.75, 3.05) is 26.2 Å². The highest BCUT2D eigenvalue weighted by molar-refractivity contribution is 5.92. The summed E-state index contributed by atoms with van der Waals surface area (Å²) in [5, 5.41) is 1.19. The fraction of sp³-hybridized carbons (Fsp3) is 0.417. The van der Waals surface area contributed by atoms with Crippen LogP contribution in [0.25, 0.3) is 10.9 Å². The SMILES string of the molecule is Cc1cc(C)c2[nH]c(C)c(CC(=O)N3CCCN(Cc4ccccn4)CC3)c2c1.